The van der Waals surface area contributed by atoms with Gasteiger partial charge in [0.1, 0.15) is 11.8 Å². The third-order valence-corrected chi connectivity index (χ3v) is 7.66. The van der Waals surface area contributed by atoms with Crippen molar-refractivity contribution in [2.75, 3.05) is 0 Å². The molecule has 0 fully saturated rings. The lowest BCUT2D eigenvalue weighted by molar-refractivity contribution is 0.321. The maximum absolute atomic E-state index is 9.56. The van der Waals surface area contributed by atoms with Crippen molar-refractivity contribution >= 4 is 19.4 Å². The van der Waals surface area contributed by atoms with Gasteiger partial charge in [-0.3, -0.25) is 0 Å². The highest BCUT2D eigenvalue weighted by molar-refractivity contribution is 6.80. The molecule has 0 unspecified atom stereocenters. The molecule has 0 spiro atoms. The number of benzene rings is 3. The SMILES string of the molecule is CC(C)(C)c1ccc(-n2cccc2C#N)c(CO[Si](c2ccccc2)c2ccccc2)c1. The second kappa shape index (κ2) is 9.40. The lowest BCUT2D eigenvalue weighted by Gasteiger charge is -2.23. The Morgan fingerprint density at radius 1 is 0.844 bits per heavy atom. The summed E-state index contributed by atoms with van der Waals surface area (Å²) >= 11 is 0. The first kappa shape index (κ1) is 21.8. The van der Waals surface area contributed by atoms with E-state index in [2.05, 4.69) is 93.6 Å². The highest BCUT2D eigenvalue weighted by atomic mass is 28.3. The number of nitrogens with zero attached hydrogens (tertiary/aromatic N) is 2. The van der Waals surface area contributed by atoms with Crippen LogP contribution in [0.15, 0.2) is 97.2 Å². The standard InChI is InChI=1S/C28H27N2OSi/c1-28(2,3)23-16-17-27(30-18-10-11-24(30)20-29)22(19-23)21-31-32(25-12-6-4-7-13-25)26-14-8-5-9-15-26/h4-19H,21H2,1-3H3. The molecule has 0 bridgehead atoms. The average Bonchev–Trinajstić information content (AvgIpc) is 3.29. The summed E-state index contributed by atoms with van der Waals surface area (Å²) in [5.74, 6) is 0. The van der Waals surface area contributed by atoms with Gasteiger partial charge in [-0.05, 0) is 39.6 Å². The first-order valence-corrected chi connectivity index (χ1v) is 12.2. The van der Waals surface area contributed by atoms with E-state index in [1.807, 2.05) is 35.0 Å². The van der Waals surface area contributed by atoms with Crippen LogP contribution in [0.1, 0.15) is 37.6 Å². The Morgan fingerprint density at radius 3 is 2.03 bits per heavy atom. The van der Waals surface area contributed by atoms with Crippen LogP contribution in [-0.4, -0.2) is 13.6 Å². The number of aromatic nitrogens is 1. The van der Waals surface area contributed by atoms with Gasteiger partial charge in [0.2, 0.25) is 0 Å². The van der Waals surface area contributed by atoms with Crippen LogP contribution in [0, 0.1) is 11.3 Å². The molecule has 3 nitrogen and oxygen atoms in total. The number of hydrogen-bond acceptors (Lipinski definition) is 2. The van der Waals surface area contributed by atoms with E-state index in [4.69, 9.17) is 4.43 Å². The van der Waals surface area contributed by atoms with Crippen LogP contribution in [0.4, 0.5) is 0 Å². The highest BCUT2D eigenvalue weighted by Gasteiger charge is 2.22. The minimum atomic E-state index is -1.42. The van der Waals surface area contributed by atoms with Gasteiger partial charge in [0.05, 0.1) is 12.3 Å². The summed E-state index contributed by atoms with van der Waals surface area (Å²) in [6.07, 6.45) is 1.94. The van der Waals surface area contributed by atoms with Crippen LogP contribution in [-0.2, 0) is 16.4 Å². The van der Waals surface area contributed by atoms with E-state index in [0.29, 0.717) is 12.3 Å². The third-order valence-electron chi connectivity index (χ3n) is 5.51. The summed E-state index contributed by atoms with van der Waals surface area (Å²) < 4.78 is 8.63. The molecule has 0 aliphatic carbocycles. The van der Waals surface area contributed by atoms with Gasteiger partial charge < -0.3 is 8.99 Å². The van der Waals surface area contributed by atoms with Gasteiger partial charge >= 0.3 is 0 Å². The topological polar surface area (TPSA) is 38.0 Å². The maximum Gasteiger partial charge on any atom is 0.283 e. The molecule has 4 rings (SSSR count). The predicted octanol–water partition coefficient (Wildman–Crippen LogP) is 4.97. The first-order valence-electron chi connectivity index (χ1n) is 10.8. The van der Waals surface area contributed by atoms with E-state index < -0.39 is 9.04 Å². The van der Waals surface area contributed by atoms with E-state index >= 15 is 0 Å². The van der Waals surface area contributed by atoms with E-state index in [-0.39, 0.29) is 5.41 Å². The molecule has 32 heavy (non-hydrogen) atoms. The van der Waals surface area contributed by atoms with Crippen LogP contribution in [0.5, 0.6) is 0 Å². The monoisotopic (exact) mass is 435 g/mol. The Labute approximate surface area is 192 Å². The van der Waals surface area contributed by atoms with Crippen molar-refractivity contribution in [3.8, 4) is 11.8 Å². The summed E-state index contributed by atoms with van der Waals surface area (Å²) in [6, 6.07) is 33.4. The molecule has 4 aromatic rings. The molecule has 0 amide bonds. The molecule has 1 radical (unpaired) electrons. The van der Waals surface area contributed by atoms with Crippen molar-refractivity contribution in [3.05, 3.63) is 114 Å². The molecule has 4 heteroatoms. The van der Waals surface area contributed by atoms with Gasteiger partial charge in [0, 0.05) is 11.8 Å². The van der Waals surface area contributed by atoms with Crippen LogP contribution in [0.3, 0.4) is 0 Å². The van der Waals surface area contributed by atoms with Crippen LogP contribution in [0.2, 0.25) is 0 Å². The van der Waals surface area contributed by atoms with Gasteiger partial charge in [0.15, 0.2) is 0 Å². The zero-order chi connectivity index (χ0) is 22.6. The fourth-order valence-corrected chi connectivity index (χ4v) is 5.70. The molecule has 0 atom stereocenters. The summed E-state index contributed by atoms with van der Waals surface area (Å²) in [5.41, 5.74) is 3.96. The van der Waals surface area contributed by atoms with Crippen LogP contribution < -0.4 is 10.4 Å². The fraction of sp³-hybridized carbons (Fsp3) is 0.179. The van der Waals surface area contributed by atoms with Crippen molar-refractivity contribution in [1.82, 2.24) is 4.57 Å². The molecule has 1 aromatic heterocycles. The normalized spacial score (nSPS) is 11.5. The maximum atomic E-state index is 9.56. The fourth-order valence-electron chi connectivity index (χ4n) is 3.75. The van der Waals surface area contributed by atoms with Crippen molar-refractivity contribution in [2.24, 2.45) is 0 Å². The largest absolute Gasteiger partial charge is 0.403 e. The Balaban J connectivity index is 1.74. The second-order valence-electron chi connectivity index (χ2n) is 8.82. The molecule has 159 valence electrons. The first-order chi connectivity index (χ1) is 15.5. The van der Waals surface area contributed by atoms with Crippen LogP contribution in [0.25, 0.3) is 5.69 Å². The van der Waals surface area contributed by atoms with Crippen molar-refractivity contribution < 1.29 is 4.43 Å². The number of rotatable bonds is 6. The molecule has 0 saturated heterocycles. The molecule has 0 aliphatic rings. The summed E-state index contributed by atoms with van der Waals surface area (Å²) in [6.45, 7) is 7.12. The van der Waals surface area contributed by atoms with Crippen molar-refractivity contribution in [3.63, 3.8) is 0 Å². The summed E-state index contributed by atoms with van der Waals surface area (Å²) in [7, 11) is -1.42. The molecule has 0 aliphatic heterocycles. The van der Waals surface area contributed by atoms with Crippen molar-refractivity contribution in [2.45, 2.75) is 32.8 Å². The lowest BCUT2D eigenvalue weighted by Crippen LogP contribution is -2.44. The third kappa shape index (κ3) is 4.75. The quantitative estimate of drug-likeness (QED) is 0.401. The van der Waals surface area contributed by atoms with Gasteiger partial charge in [-0.15, -0.1) is 0 Å². The molecule has 0 N–H and O–H groups in total. The van der Waals surface area contributed by atoms with Gasteiger partial charge in [-0.1, -0.05) is 93.6 Å². The zero-order valence-electron chi connectivity index (χ0n) is 18.7. The summed E-state index contributed by atoms with van der Waals surface area (Å²) in [4.78, 5) is 0. The molecule has 3 aromatic carbocycles. The van der Waals surface area contributed by atoms with Crippen molar-refractivity contribution in [1.29, 1.82) is 5.26 Å². The van der Waals surface area contributed by atoms with E-state index in [1.165, 1.54) is 15.9 Å². The van der Waals surface area contributed by atoms with Gasteiger partial charge in [-0.2, -0.15) is 5.26 Å². The number of nitriles is 1. The highest BCUT2D eigenvalue weighted by Crippen LogP contribution is 2.27. The lowest BCUT2D eigenvalue weighted by atomic mass is 9.86. The number of hydrogen-bond donors (Lipinski definition) is 0. The Bertz CT molecular complexity index is 1180. The Morgan fingerprint density at radius 2 is 1.47 bits per heavy atom. The van der Waals surface area contributed by atoms with E-state index in [9.17, 15) is 5.26 Å². The smallest absolute Gasteiger partial charge is 0.283 e. The average molecular weight is 436 g/mol. The van der Waals surface area contributed by atoms with E-state index in [0.717, 1.165) is 11.3 Å². The minimum absolute atomic E-state index is 0.0225. The Kier molecular flexibility index (Phi) is 6.41. The second-order valence-corrected chi connectivity index (χ2v) is 10.9. The minimum Gasteiger partial charge on any atom is -0.403 e. The molecular weight excluding hydrogens is 408 g/mol. The van der Waals surface area contributed by atoms with E-state index in [1.54, 1.807) is 0 Å². The van der Waals surface area contributed by atoms with Gasteiger partial charge in [-0.25, -0.2) is 0 Å². The summed E-state index contributed by atoms with van der Waals surface area (Å²) in [5, 5.41) is 12.0. The molecule has 0 saturated carbocycles. The zero-order valence-corrected chi connectivity index (χ0v) is 19.7. The predicted molar refractivity (Wildman–Crippen MR) is 132 cm³/mol. The van der Waals surface area contributed by atoms with Gasteiger partial charge in [0.25, 0.3) is 9.04 Å². The van der Waals surface area contributed by atoms with Crippen LogP contribution >= 0.6 is 0 Å². The Hall–Kier alpha value is -3.39. The molecule has 1 heterocycles. The molecular formula is C28H27N2OSi.